The van der Waals surface area contributed by atoms with E-state index in [1.54, 1.807) is 19.3 Å². The highest BCUT2D eigenvalue weighted by molar-refractivity contribution is 7.21. The van der Waals surface area contributed by atoms with Crippen molar-refractivity contribution in [3.8, 4) is 0 Å². The Balaban J connectivity index is 2.68. The van der Waals surface area contributed by atoms with Gasteiger partial charge in [-0.15, -0.1) is 11.3 Å². The van der Waals surface area contributed by atoms with Crippen LogP contribution >= 0.6 is 11.3 Å². The smallest absolute Gasteiger partial charge is 0.263 e. The van der Waals surface area contributed by atoms with Crippen LogP contribution in [0.25, 0.3) is 10.2 Å². The van der Waals surface area contributed by atoms with Gasteiger partial charge in [-0.25, -0.2) is 4.98 Å². The summed E-state index contributed by atoms with van der Waals surface area (Å²) < 4.78 is 0. The number of hydrogen-bond donors (Lipinski definition) is 2. The molecule has 2 rings (SSSR count). The molecular weight excluding hydrogens is 198 g/mol. The molecule has 0 radical (unpaired) electrons. The molecule has 5 heteroatoms. The van der Waals surface area contributed by atoms with Crippen molar-refractivity contribution in [2.45, 2.75) is 0 Å². The van der Waals surface area contributed by atoms with Gasteiger partial charge in [-0.2, -0.15) is 0 Å². The van der Waals surface area contributed by atoms with Crippen LogP contribution in [0.15, 0.2) is 18.3 Å². The van der Waals surface area contributed by atoms with Gasteiger partial charge in [0.15, 0.2) is 0 Å². The molecule has 14 heavy (non-hydrogen) atoms. The first kappa shape index (κ1) is 8.96. The molecule has 0 saturated carbocycles. The van der Waals surface area contributed by atoms with E-state index < -0.39 is 0 Å². The molecule has 0 aliphatic heterocycles. The van der Waals surface area contributed by atoms with E-state index in [1.807, 2.05) is 6.07 Å². The lowest BCUT2D eigenvalue weighted by Gasteiger charge is -1.95. The molecular formula is C9H9N3OS. The second kappa shape index (κ2) is 3.26. The zero-order valence-electron chi connectivity index (χ0n) is 7.57. The number of nitrogens with zero attached hydrogens (tertiary/aromatic N) is 1. The highest BCUT2D eigenvalue weighted by Gasteiger charge is 2.14. The Bertz CT molecular complexity index is 492. The number of fused-ring (bicyclic) bond motifs is 1. The van der Waals surface area contributed by atoms with Crippen molar-refractivity contribution in [2.24, 2.45) is 0 Å². The lowest BCUT2D eigenvalue weighted by atomic mass is 10.2. The number of nitrogens with one attached hydrogen (secondary N) is 1. The Morgan fingerprint density at radius 3 is 3.07 bits per heavy atom. The Labute approximate surface area is 84.8 Å². The molecule has 2 aromatic rings. The number of hydrogen-bond acceptors (Lipinski definition) is 4. The molecule has 0 aromatic carbocycles. The molecule has 72 valence electrons. The number of aromatic nitrogens is 1. The number of nitrogens with two attached hydrogens (primary N) is 1. The maximum absolute atomic E-state index is 11.4. The minimum atomic E-state index is -0.162. The van der Waals surface area contributed by atoms with E-state index in [0.717, 1.165) is 10.2 Å². The van der Waals surface area contributed by atoms with Crippen LogP contribution in [0.1, 0.15) is 9.67 Å². The van der Waals surface area contributed by atoms with E-state index in [9.17, 15) is 4.79 Å². The first-order valence-corrected chi connectivity index (χ1v) is 4.90. The van der Waals surface area contributed by atoms with Crippen molar-refractivity contribution in [2.75, 3.05) is 12.8 Å². The van der Waals surface area contributed by atoms with Crippen molar-refractivity contribution >= 4 is 33.1 Å². The van der Waals surface area contributed by atoms with Gasteiger partial charge < -0.3 is 11.1 Å². The predicted molar refractivity (Wildman–Crippen MR) is 57.4 cm³/mol. The summed E-state index contributed by atoms with van der Waals surface area (Å²) >= 11 is 1.31. The lowest BCUT2D eigenvalue weighted by Crippen LogP contribution is -2.17. The monoisotopic (exact) mass is 207 g/mol. The minimum Gasteiger partial charge on any atom is -0.397 e. The highest BCUT2D eigenvalue weighted by atomic mass is 32.1. The van der Waals surface area contributed by atoms with Gasteiger partial charge in [0.2, 0.25) is 0 Å². The normalized spacial score (nSPS) is 10.4. The fraction of sp³-hybridized carbons (Fsp3) is 0.111. The van der Waals surface area contributed by atoms with Crippen LogP contribution < -0.4 is 11.1 Å². The molecule has 2 heterocycles. The number of amides is 1. The predicted octanol–water partition coefficient (Wildman–Crippen LogP) is 1.24. The summed E-state index contributed by atoms with van der Waals surface area (Å²) in [5.74, 6) is -0.162. The third-order valence-corrected chi connectivity index (χ3v) is 3.07. The molecule has 0 atom stereocenters. The lowest BCUT2D eigenvalue weighted by molar-refractivity contribution is 0.0968. The van der Waals surface area contributed by atoms with Gasteiger partial charge in [-0.1, -0.05) is 0 Å². The van der Waals surface area contributed by atoms with Gasteiger partial charge in [0.1, 0.15) is 9.71 Å². The Morgan fingerprint density at radius 1 is 1.64 bits per heavy atom. The molecule has 4 nitrogen and oxygen atoms in total. The van der Waals surface area contributed by atoms with Crippen molar-refractivity contribution in [3.05, 3.63) is 23.2 Å². The average Bonchev–Trinajstić information content (AvgIpc) is 2.56. The summed E-state index contributed by atoms with van der Waals surface area (Å²) in [7, 11) is 1.58. The number of carbonyl (C=O) groups excluding carboxylic acids is 1. The third kappa shape index (κ3) is 1.22. The van der Waals surface area contributed by atoms with E-state index in [-0.39, 0.29) is 5.91 Å². The maximum atomic E-state index is 11.4. The summed E-state index contributed by atoms with van der Waals surface area (Å²) in [5, 5.41) is 3.39. The van der Waals surface area contributed by atoms with Crippen LogP contribution in [0, 0.1) is 0 Å². The average molecular weight is 207 g/mol. The molecule has 0 aliphatic rings. The van der Waals surface area contributed by atoms with Crippen LogP contribution in [0.5, 0.6) is 0 Å². The quantitative estimate of drug-likeness (QED) is 0.739. The number of anilines is 1. The summed E-state index contributed by atoms with van der Waals surface area (Å²) in [5.41, 5.74) is 6.34. The van der Waals surface area contributed by atoms with Gasteiger partial charge in [0.25, 0.3) is 5.91 Å². The summed E-state index contributed by atoms with van der Waals surface area (Å²) in [4.78, 5) is 16.9. The fourth-order valence-electron chi connectivity index (χ4n) is 1.23. The first-order chi connectivity index (χ1) is 6.74. The van der Waals surface area contributed by atoms with Gasteiger partial charge in [-0.3, -0.25) is 4.79 Å². The molecule has 2 aromatic heterocycles. The van der Waals surface area contributed by atoms with Gasteiger partial charge in [-0.05, 0) is 12.1 Å². The van der Waals surface area contributed by atoms with Crippen molar-refractivity contribution < 1.29 is 4.79 Å². The fourth-order valence-corrected chi connectivity index (χ4v) is 2.24. The Kier molecular flexibility index (Phi) is 2.09. The van der Waals surface area contributed by atoms with Gasteiger partial charge in [0, 0.05) is 18.6 Å². The number of nitrogen functional groups attached to an aromatic ring is 1. The summed E-state index contributed by atoms with van der Waals surface area (Å²) in [6, 6.07) is 3.67. The molecule has 1 amide bonds. The highest BCUT2D eigenvalue weighted by Crippen LogP contribution is 2.31. The Hall–Kier alpha value is -1.62. The van der Waals surface area contributed by atoms with Crippen molar-refractivity contribution in [1.82, 2.24) is 10.3 Å². The molecule has 0 saturated heterocycles. The van der Waals surface area contributed by atoms with Gasteiger partial charge in [0.05, 0.1) is 5.69 Å². The summed E-state index contributed by atoms with van der Waals surface area (Å²) in [6.45, 7) is 0. The van der Waals surface area contributed by atoms with E-state index in [1.165, 1.54) is 11.3 Å². The summed E-state index contributed by atoms with van der Waals surface area (Å²) in [6.07, 6.45) is 1.69. The topological polar surface area (TPSA) is 68.0 Å². The minimum absolute atomic E-state index is 0.162. The van der Waals surface area contributed by atoms with E-state index in [0.29, 0.717) is 10.6 Å². The number of rotatable bonds is 1. The number of carbonyl (C=O) groups is 1. The molecule has 0 bridgehead atoms. The van der Waals surface area contributed by atoms with Crippen LogP contribution in [0.2, 0.25) is 0 Å². The Morgan fingerprint density at radius 2 is 2.43 bits per heavy atom. The third-order valence-electron chi connectivity index (χ3n) is 1.94. The SMILES string of the molecule is CNC(=O)c1sc2ncccc2c1N. The van der Waals surface area contributed by atoms with E-state index in [2.05, 4.69) is 10.3 Å². The maximum Gasteiger partial charge on any atom is 0.263 e. The molecule has 0 unspecified atom stereocenters. The number of pyridine rings is 1. The molecule has 3 N–H and O–H groups in total. The zero-order chi connectivity index (χ0) is 10.1. The van der Waals surface area contributed by atoms with Crippen LogP contribution in [-0.4, -0.2) is 17.9 Å². The second-order valence-corrected chi connectivity index (χ2v) is 3.78. The van der Waals surface area contributed by atoms with Gasteiger partial charge >= 0.3 is 0 Å². The van der Waals surface area contributed by atoms with Crippen LogP contribution in [0.4, 0.5) is 5.69 Å². The van der Waals surface area contributed by atoms with Crippen molar-refractivity contribution in [3.63, 3.8) is 0 Å². The molecule has 0 fully saturated rings. The second-order valence-electron chi connectivity index (χ2n) is 2.78. The standard InChI is InChI=1S/C9H9N3OS/c1-11-8(13)7-6(10)5-3-2-4-12-9(5)14-7/h2-4H,10H2,1H3,(H,11,13). The molecule has 0 spiro atoms. The van der Waals surface area contributed by atoms with Crippen molar-refractivity contribution in [1.29, 1.82) is 0 Å². The molecule has 0 aliphatic carbocycles. The first-order valence-electron chi connectivity index (χ1n) is 4.09. The van der Waals surface area contributed by atoms with Crippen LogP contribution in [0.3, 0.4) is 0 Å². The van der Waals surface area contributed by atoms with E-state index >= 15 is 0 Å². The van der Waals surface area contributed by atoms with Crippen LogP contribution in [-0.2, 0) is 0 Å². The zero-order valence-corrected chi connectivity index (χ0v) is 8.39. The van der Waals surface area contributed by atoms with E-state index in [4.69, 9.17) is 5.73 Å². The largest absolute Gasteiger partial charge is 0.397 e. The number of thiophene rings is 1.